The average Bonchev–Trinajstić information content (AvgIpc) is 3.29. The first-order valence-corrected chi connectivity index (χ1v) is 28.4. The minimum atomic E-state index is -3.91. The maximum absolute atomic E-state index is 14.9. The third kappa shape index (κ3) is 11.1. The highest BCUT2D eigenvalue weighted by Crippen LogP contribution is 2.55. The van der Waals surface area contributed by atoms with Crippen LogP contribution in [0.15, 0.2) is 72.2 Å². The highest BCUT2D eigenvalue weighted by Gasteiger charge is 2.55. The second kappa shape index (κ2) is 15.9. The van der Waals surface area contributed by atoms with Gasteiger partial charge in [-0.2, -0.15) is 0 Å². The summed E-state index contributed by atoms with van der Waals surface area (Å²) in [7, 11) is -10.9. The molecule has 4 atom stereocenters. The van der Waals surface area contributed by atoms with Crippen LogP contribution in [0.3, 0.4) is 0 Å². The first-order chi connectivity index (χ1) is 22.7. The molecule has 0 aromatic heterocycles. The lowest BCUT2D eigenvalue weighted by atomic mass is 10.1. The van der Waals surface area contributed by atoms with Crippen LogP contribution >= 0.6 is 7.60 Å². The van der Waals surface area contributed by atoms with E-state index in [-0.39, 0.29) is 34.4 Å². The van der Waals surface area contributed by atoms with E-state index in [1.165, 1.54) is 0 Å². The summed E-state index contributed by atoms with van der Waals surface area (Å²) in [4.78, 5) is 0. The molecule has 3 rings (SSSR count). The van der Waals surface area contributed by atoms with Crippen LogP contribution in [-0.4, -0.2) is 49.4 Å². The summed E-state index contributed by atoms with van der Waals surface area (Å²) in [6, 6.07) is 19.4. The number of benzene rings is 2. The molecule has 1 aliphatic heterocycles. The molecule has 7 nitrogen and oxygen atoms in total. The first-order valence-electron chi connectivity index (χ1n) is 18.1. The van der Waals surface area contributed by atoms with Gasteiger partial charge in [0.15, 0.2) is 31.1 Å². The monoisotopic (exact) mass is 762 g/mol. The second-order valence-electron chi connectivity index (χ2n) is 18.4. The van der Waals surface area contributed by atoms with Crippen molar-refractivity contribution in [3.63, 3.8) is 0 Å². The van der Waals surface area contributed by atoms with E-state index in [1.54, 1.807) is 5.82 Å². The van der Waals surface area contributed by atoms with Crippen LogP contribution in [0.5, 0.6) is 0 Å². The Morgan fingerprint density at radius 2 is 1.08 bits per heavy atom. The number of rotatable bonds is 14. The van der Waals surface area contributed by atoms with Crippen LogP contribution in [-0.2, 0) is 44.8 Å². The second-order valence-corrected chi connectivity index (χ2v) is 34.5. The fourth-order valence-corrected chi connectivity index (χ4v) is 10.2. The molecule has 0 saturated carbocycles. The van der Waals surface area contributed by atoms with Crippen molar-refractivity contribution in [1.82, 2.24) is 0 Å². The fourth-order valence-electron chi connectivity index (χ4n) is 4.81. The molecule has 50 heavy (non-hydrogen) atoms. The highest BCUT2D eigenvalue weighted by atomic mass is 31.2. The topological polar surface area (TPSA) is 72.5 Å². The van der Waals surface area contributed by atoms with E-state index in [4.69, 9.17) is 27.1 Å². The van der Waals surface area contributed by atoms with Crippen LogP contribution in [0.4, 0.5) is 0 Å². The minimum absolute atomic E-state index is 0.00236. The van der Waals surface area contributed by atoms with Crippen LogP contribution in [0.25, 0.3) is 0 Å². The van der Waals surface area contributed by atoms with Crippen molar-refractivity contribution in [3.05, 3.63) is 83.4 Å². The predicted molar refractivity (Wildman–Crippen MR) is 215 cm³/mol. The van der Waals surface area contributed by atoms with E-state index < -0.39 is 50.9 Å². The van der Waals surface area contributed by atoms with Gasteiger partial charge in [0, 0.05) is 0 Å². The summed E-state index contributed by atoms with van der Waals surface area (Å²) in [5.74, 6) is 2.00. The Labute approximate surface area is 307 Å². The normalized spacial score (nSPS) is 21.4. The van der Waals surface area contributed by atoms with E-state index in [2.05, 4.69) is 109 Å². The summed E-state index contributed by atoms with van der Waals surface area (Å²) in [6.07, 6.45) is -1.95. The molecule has 1 heterocycles. The zero-order valence-corrected chi connectivity index (χ0v) is 37.8. The summed E-state index contributed by atoms with van der Waals surface area (Å²) < 4.78 is 55.9. The van der Waals surface area contributed by atoms with E-state index in [9.17, 15) is 4.57 Å². The third-order valence-electron chi connectivity index (χ3n) is 11.2. The van der Waals surface area contributed by atoms with Gasteiger partial charge in [-0.25, -0.2) is 0 Å². The SMILES string of the molecule is C[C@H](O[Si](C)(C)C(C)(C)C)C1O/C(=C\P(=O)(OCc2ccccc2)OCc2ccccc2)[C@@H](O[Si](C)(C)C(C)(C)C)[C@@H]1O[Si](C)(C)C(C)(C)C. The molecule has 1 fully saturated rings. The lowest BCUT2D eigenvalue weighted by molar-refractivity contribution is -0.0256. The lowest BCUT2D eigenvalue weighted by Gasteiger charge is -2.44. The zero-order valence-electron chi connectivity index (χ0n) is 33.9. The quantitative estimate of drug-likeness (QED) is 0.140. The zero-order chi connectivity index (χ0) is 38.0. The third-order valence-corrected chi connectivity index (χ3v) is 26.2. The maximum Gasteiger partial charge on any atom is 0.358 e. The van der Waals surface area contributed by atoms with Gasteiger partial charge in [-0.15, -0.1) is 0 Å². The van der Waals surface area contributed by atoms with Crippen molar-refractivity contribution in [2.24, 2.45) is 0 Å². The van der Waals surface area contributed by atoms with Crippen molar-refractivity contribution in [2.45, 2.75) is 161 Å². The lowest BCUT2D eigenvalue weighted by Crippen LogP contribution is -2.55. The van der Waals surface area contributed by atoms with Crippen molar-refractivity contribution in [3.8, 4) is 0 Å². The van der Waals surface area contributed by atoms with E-state index >= 15 is 0 Å². The molecule has 0 amide bonds. The van der Waals surface area contributed by atoms with Crippen LogP contribution < -0.4 is 0 Å². The molecule has 1 aliphatic rings. The van der Waals surface area contributed by atoms with Gasteiger partial charge in [-0.05, 0) is 72.4 Å². The first kappa shape index (κ1) is 43.1. The predicted octanol–water partition coefficient (Wildman–Crippen LogP) is 12.0. The Bertz CT molecular complexity index is 1410. The molecular formula is C39H67O7PSi3. The summed E-state index contributed by atoms with van der Waals surface area (Å²) in [5, 5.41) is -0.169. The van der Waals surface area contributed by atoms with Gasteiger partial charge in [0.25, 0.3) is 0 Å². The van der Waals surface area contributed by atoms with Crippen LogP contribution in [0, 0.1) is 0 Å². The molecule has 2 aromatic rings. The molecule has 0 aliphatic carbocycles. The Morgan fingerprint density at radius 3 is 1.48 bits per heavy atom. The molecule has 0 spiro atoms. The van der Waals surface area contributed by atoms with Crippen molar-refractivity contribution in [2.75, 3.05) is 0 Å². The van der Waals surface area contributed by atoms with Gasteiger partial charge in [-0.1, -0.05) is 123 Å². The van der Waals surface area contributed by atoms with E-state index in [1.807, 2.05) is 60.7 Å². The fraction of sp³-hybridized carbons (Fsp3) is 0.641. The standard InChI is InChI=1S/C39H67O7PSi3/c1-30(44-48(11,12)37(2,3)4)34-36(46-50(15,16)39(8,9)10)35(45-49(13,14)38(5,6)7)33(43-34)29-47(40,41-27-31-23-19-17-20-24-31)42-28-32-25-21-18-22-26-32/h17-26,29-30,34-36H,27-28H2,1-16H3/b33-29-/t30-,34?,35+,36+/m0/s1. The Kier molecular flexibility index (Phi) is 13.7. The molecule has 0 bridgehead atoms. The largest absolute Gasteiger partial charge is 0.486 e. The molecule has 2 aromatic carbocycles. The number of hydrogen-bond donors (Lipinski definition) is 0. The van der Waals surface area contributed by atoms with Gasteiger partial charge in [0.2, 0.25) is 0 Å². The Morgan fingerprint density at radius 1 is 0.680 bits per heavy atom. The van der Waals surface area contributed by atoms with Crippen LogP contribution in [0.1, 0.15) is 80.4 Å². The van der Waals surface area contributed by atoms with Crippen molar-refractivity contribution < 1.29 is 31.6 Å². The number of ether oxygens (including phenoxy) is 1. The van der Waals surface area contributed by atoms with Gasteiger partial charge in [-0.3, -0.25) is 4.57 Å². The summed E-state index contributed by atoms with van der Waals surface area (Å²) >= 11 is 0. The van der Waals surface area contributed by atoms with Gasteiger partial charge in [0.05, 0.1) is 25.1 Å². The van der Waals surface area contributed by atoms with E-state index in [0.717, 1.165) is 11.1 Å². The van der Waals surface area contributed by atoms with Gasteiger partial charge >= 0.3 is 7.60 Å². The highest BCUT2D eigenvalue weighted by molar-refractivity contribution is 7.57. The number of hydrogen-bond acceptors (Lipinski definition) is 7. The molecule has 282 valence electrons. The van der Waals surface area contributed by atoms with Crippen molar-refractivity contribution >= 4 is 32.5 Å². The Hall–Kier alpha value is -1.34. The molecule has 0 radical (unpaired) electrons. The molecule has 1 unspecified atom stereocenters. The molecule has 0 N–H and O–H groups in total. The Balaban J connectivity index is 2.20. The minimum Gasteiger partial charge on any atom is -0.486 e. The molecule has 11 heteroatoms. The molecular weight excluding hydrogens is 696 g/mol. The molecule has 1 saturated heterocycles. The van der Waals surface area contributed by atoms with Crippen LogP contribution in [0.2, 0.25) is 54.4 Å². The van der Waals surface area contributed by atoms with Crippen molar-refractivity contribution in [1.29, 1.82) is 0 Å². The van der Waals surface area contributed by atoms with Gasteiger partial charge in [0.1, 0.15) is 18.0 Å². The smallest absolute Gasteiger partial charge is 0.358 e. The van der Waals surface area contributed by atoms with Gasteiger partial charge < -0.3 is 27.1 Å². The summed E-state index contributed by atoms with van der Waals surface area (Å²) in [6.45, 7) is 35.9. The maximum atomic E-state index is 14.9. The summed E-state index contributed by atoms with van der Waals surface area (Å²) in [5.41, 5.74) is 1.79. The van der Waals surface area contributed by atoms with E-state index in [0.29, 0.717) is 5.76 Å². The average molecular weight is 763 g/mol.